The van der Waals surface area contributed by atoms with Crippen LogP contribution in [0.25, 0.3) is 76.1 Å². The van der Waals surface area contributed by atoms with Crippen LogP contribution in [0.1, 0.15) is 122 Å². The van der Waals surface area contributed by atoms with E-state index in [1.54, 1.807) is 44.1 Å². The highest BCUT2D eigenvalue weighted by atomic mass is 14.4. The molecule has 8 aromatic rings. The number of benzene rings is 8. The van der Waals surface area contributed by atoms with Gasteiger partial charge in [0.1, 0.15) is 15.0 Å². The van der Waals surface area contributed by atoms with E-state index < -0.39 is 0 Å². The van der Waals surface area contributed by atoms with Crippen LogP contribution < -0.4 is 38.2 Å². The van der Waals surface area contributed by atoms with Crippen LogP contribution in [0.3, 0.4) is 0 Å². The Hall–Kier alpha value is -12.0. The summed E-state index contributed by atoms with van der Waals surface area (Å²) in [4.78, 5) is 0. The van der Waals surface area contributed by atoms with Gasteiger partial charge < -0.3 is 0 Å². The van der Waals surface area contributed by atoms with Gasteiger partial charge in [0, 0.05) is 78.0 Å². The third-order valence-corrected chi connectivity index (χ3v) is 26.2. The standard InChI is InChI=1S/C93H83B33/c1-18-26-32-36-38-40-43-47-54-71-72(55-48-42-39-37-33-27-19-2)80-79(78-68(50-31-23-6)66(49-24-7)65(25-8)64(17)73(71)78)69(52-44-30-22-5)67(51-45-35-29-21-4)70(53-46-41-34-28-20-3)81(80)82-74-60(13)56(9)58(11)62(15)76(74)83(77-63(16)59(12)57(10)61(14)75(77)82)85-88(112-95)87(94)84-86(89(85)116(99)113-96)90(117(100)121(101)102)92(118(114-97)122(103)104)93(119(123(105)106)124(107)108)91(84)120(125(109)110)126(111)115-98/h1,4,6,8,112-115H,94-111H2,2-3,5,7,9-17H3. The summed E-state index contributed by atoms with van der Waals surface area (Å²) in [5, 5.41) is 9.30. The molecule has 8 rings (SSSR count). The van der Waals surface area contributed by atoms with Crippen molar-refractivity contribution in [2.24, 2.45) is 0 Å². The highest BCUT2D eigenvalue weighted by Gasteiger charge is 2.44. The van der Waals surface area contributed by atoms with Gasteiger partial charge in [-0.2, -0.15) is 0 Å². The lowest BCUT2D eigenvalue weighted by atomic mass is 8.66. The molecule has 0 fully saturated rings. The molecule has 0 heterocycles. The Labute approximate surface area is 781 Å². The molecule has 0 radical (unpaired) electrons. The first kappa shape index (κ1) is 99.4. The van der Waals surface area contributed by atoms with Crippen molar-refractivity contribution in [3.8, 4) is 273 Å². The van der Waals surface area contributed by atoms with Gasteiger partial charge in [-0.15, -0.1) is 42.5 Å². The van der Waals surface area contributed by atoms with Crippen molar-refractivity contribution >= 4 is 331 Å². The van der Waals surface area contributed by atoms with Gasteiger partial charge in [0.05, 0.1) is 217 Å². The molecule has 0 atom stereocenters. The largest absolute Gasteiger partial charge is 0.139 e. The number of hydrogen-bond donors (Lipinski definition) is 0. The van der Waals surface area contributed by atoms with Crippen LogP contribution >= 0.6 is 0 Å². The zero-order chi connectivity index (χ0) is 93.0. The Morgan fingerprint density at radius 3 is 1.03 bits per heavy atom. The van der Waals surface area contributed by atoms with Crippen LogP contribution in [0, 0.1) is 313 Å². The summed E-state index contributed by atoms with van der Waals surface area (Å²) in [6.45, 7) is 28.4. The molecule has 0 aliphatic carbocycles. The van der Waals surface area contributed by atoms with Gasteiger partial charge in [0.2, 0.25) is 0 Å². The Morgan fingerprint density at radius 2 is 0.635 bits per heavy atom. The molecule has 0 aliphatic rings. The minimum absolute atomic E-state index is 0.0398. The van der Waals surface area contributed by atoms with E-state index >= 15 is 0 Å². The maximum atomic E-state index is 6.83. The van der Waals surface area contributed by atoms with Gasteiger partial charge >= 0.3 is 0 Å². The molecule has 0 amide bonds. The van der Waals surface area contributed by atoms with E-state index in [2.05, 4.69) is 420 Å². The van der Waals surface area contributed by atoms with Crippen molar-refractivity contribution in [2.45, 2.75) is 90.0 Å². The van der Waals surface area contributed by atoms with E-state index in [-0.39, 0.29) is 38.9 Å². The second-order valence-corrected chi connectivity index (χ2v) is 34.5. The number of fused-ring (bicyclic) bond motifs is 6. The topological polar surface area (TPSA) is 0 Å². The summed E-state index contributed by atoms with van der Waals surface area (Å²) in [6.07, 6.45) is 26.7. The maximum absolute atomic E-state index is 6.83. The Balaban J connectivity index is 2.15. The normalized spacial score (nSPS) is 9.09. The minimum Gasteiger partial charge on any atom is -0.115 e. The average molecular weight is 1560 g/mol. The van der Waals surface area contributed by atoms with Gasteiger partial charge in [-0.05, 0) is 343 Å². The molecule has 0 saturated heterocycles. The summed E-state index contributed by atoms with van der Waals surface area (Å²) in [6, 6.07) is 0. The van der Waals surface area contributed by atoms with Gasteiger partial charge in [-0.25, -0.2) is 0 Å². The Kier molecular flexibility index (Phi) is 35.7. The Bertz CT molecular complexity index is 7370. The van der Waals surface area contributed by atoms with Crippen LogP contribution in [-0.2, 0) is 0 Å². The second kappa shape index (κ2) is 45.2. The van der Waals surface area contributed by atoms with Crippen molar-refractivity contribution in [1.82, 2.24) is 0 Å². The van der Waals surface area contributed by atoms with Crippen LogP contribution in [0.15, 0.2) is 0 Å². The number of hydrogen-bond acceptors (Lipinski definition) is 0. The summed E-state index contributed by atoms with van der Waals surface area (Å²) < 4.78 is 0. The number of aryl methyl sites for hydroxylation is 5. The molecule has 0 N–H and O–H groups in total. The van der Waals surface area contributed by atoms with E-state index in [0.29, 0.717) is 109 Å². The first-order valence-corrected chi connectivity index (χ1v) is 44.3. The molecule has 126 heavy (non-hydrogen) atoms. The zero-order valence-electron chi connectivity index (χ0n) is 80.5. The molecule has 0 aromatic heterocycles. The molecular formula is C93H83B33. The summed E-state index contributed by atoms with van der Waals surface area (Å²) in [5.41, 5.74) is 27.4. The lowest BCUT2D eigenvalue weighted by Crippen LogP contribution is -2.80. The lowest BCUT2D eigenvalue weighted by Gasteiger charge is -2.42. The molecule has 0 saturated carbocycles. The molecule has 0 spiro atoms. The predicted molar refractivity (Wildman–Crippen MR) is 634 cm³/mol. The van der Waals surface area contributed by atoms with Crippen LogP contribution in [0.2, 0.25) is 0 Å². The molecule has 33 heteroatoms. The zero-order valence-corrected chi connectivity index (χ0v) is 80.5. The molecular weight excluding hydrogens is 1470 g/mol. The second-order valence-electron chi connectivity index (χ2n) is 34.5. The smallest absolute Gasteiger partial charge is 0.115 e. The molecule has 0 nitrogen and oxygen atoms in total. The summed E-state index contributed by atoms with van der Waals surface area (Å²) >= 11 is 0. The predicted octanol–water partition coefficient (Wildman–Crippen LogP) is -14.0. The fourth-order valence-corrected chi connectivity index (χ4v) is 19.6. The van der Waals surface area contributed by atoms with Crippen molar-refractivity contribution in [3.63, 3.8) is 0 Å². The van der Waals surface area contributed by atoms with Gasteiger partial charge in [-0.3, -0.25) is 0 Å². The third kappa shape index (κ3) is 19.5. The van der Waals surface area contributed by atoms with Gasteiger partial charge in [0.25, 0.3) is 0 Å². The number of rotatable bonds is 17. The molecule has 0 unspecified atom stereocenters. The fourth-order valence-electron chi connectivity index (χ4n) is 19.6. The lowest BCUT2D eigenvalue weighted by molar-refractivity contribution is 1.24. The van der Waals surface area contributed by atoms with Crippen molar-refractivity contribution in [2.75, 3.05) is 0 Å². The van der Waals surface area contributed by atoms with Crippen LogP contribution in [0.5, 0.6) is 0 Å². The average Bonchev–Trinajstić information content (AvgIpc) is 0.675. The first-order chi connectivity index (χ1) is 60.3. The van der Waals surface area contributed by atoms with Crippen molar-refractivity contribution in [3.05, 3.63) is 94.6 Å². The van der Waals surface area contributed by atoms with E-state index in [9.17, 15) is 0 Å². The van der Waals surface area contributed by atoms with Gasteiger partial charge in [-0.1, -0.05) is 92.4 Å². The quantitative estimate of drug-likeness (QED) is 0.0369. The minimum atomic E-state index is 0.0398. The first-order valence-electron chi connectivity index (χ1n) is 44.3. The highest BCUT2D eigenvalue weighted by molar-refractivity contribution is 7.89. The highest BCUT2D eigenvalue weighted by Crippen LogP contribution is 2.55. The van der Waals surface area contributed by atoms with Crippen molar-refractivity contribution in [1.29, 1.82) is 0 Å². The van der Waals surface area contributed by atoms with E-state index in [1.165, 1.54) is 54.9 Å². The van der Waals surface area contributed by atoms with E-state index in [4.69, 9.17) is 25.7 Å². The van der Waals surface area contributed by atoms with E-state index in [0.717, 1.165) is 88.8 Å². The van der Waals surface area contributed by atoms with E-state index in [1.807, 2.05) is 6.92 Å². The SMILES string of the molecule is BBB(B)B(B(B)B)c1c(B(B(B)B)B(B)B)c(B(BB)B(B)B)c(B(B)B(B)B)c2c(B(B)BB)c(-c3c4c(C)c(C)c(C)c(C)c4c(-c4c(C#CC#CC#CC)c(C#CC#CC#C)c(C#CC#CC)c5c4c(C#CC#CC#CC#CC)c(C#CC#CC#CC#CC#C)c4c(C)c(C#C)c(C#CC)c(C#CC#C)c45)c4c(C)c(C)c(C)c(C)c34)c(BB)c(B)c12. The summed E-state index contributed by atoms with van der Waals surface area (Å²) in [7, 11) is 48.5. The van der Waals surface area contributed by atoms with Crippen molar-refractivity contribution < 1.29 is 0 Å². The fraction of sp³-hybridized carbons (Fsp3) is 0.140. The number of terminal acetylenes is 4. The summed E-state index contributed by atoms with van der Waals surface area (Å²) in [5.74, 6) is 117. The molecule has 0 aliphatic heterocycles. The Morgan fingerprint density at radius 1 is 0.262 bits per heavy atom. The van der Waals surface area contributed by atoms with Gasteiger partial charge in [0.15, 0.2) is 0 Å². The van der Waals surface area contributed by atoms with Crippen LogP contribution in [-0.4, -0.2) is 239 Å². The molecule has 8 aromatic carbocycles. The molecule has 0 bridgehead atoms. The third-order valence-electron chi connectivity index (χ3n) is 26.2. The monoisotopic (exact) mass is 1560 g/mol. The van der Waals surface area contributed by atoms with Crippen LogP contribution in [0.4, 0.5) is 0 Å². The molecule has 554 valence electrons. The maximum Gasteiger partial charge on any atom is 0.139 e.